The predicted molar refractivity (Wildman–Crippen MR) is 61.6 cm³/mol. The zero-order valence-electron chi connectivity index (χ0n) is 8.96. The Labute approximate surface area is 98.3 Å². The highest BCUT2D eigenvalue weighted by atomic mass is 15.1. The van der Waals surface area contributed by atoms with E-state index in [2.05, 4.69) is 4.98 Å². The Morgan fingerprint density at radius 2 is 2.12 bits per heavy atom. The van der Waals surface area contributed by atoms with Crippen LogP contribution in [0.5, 0.6) is 0 Å². The second-order valence-electron chi connectivity index (χ2n) is 3.54. The molecule has 1 aromatic heterocycles. The van der Waals surface area contributed by atoms with Crippen molar-refractivity contribution in [2.75, 3.05) is 5.73 Å². The van der Waals surface area contributed by atoms with E-state index in [4.69, 9.17) is 16.3 Å². The molecule has 0 fully saturated rings. The fourth-order valence-electron chi connectivity index (χ4n) is 1.59. The van der Waals surface area contributed by atoms with Crippen LogP contribution in [0.3, 0.4) is 0 Å². The summed E-state index contributed by atoms with van der Waals surface area (Å²) in [6.45, 7) is 0.475. The molecule has 17 heavy (non-hydrogen) atoms. The second kappa shape index (κ2) is 4.38. The quantitative estimate of drug-likeness (QED) is 0.775. The minimum Gasteiger partial charge on any atom is -0.399 e. The van der Waals surface area contributed by atoms with Gasteiger partial charge in [-0.3, -0.25) is 0 Å². The second-order valence-corrected chi connectivity index (χ2v) is 3.54. The summed E-state index contributed by atoms with van der Waals surface area (Å²) in [6, 6.07) is 11.2. The van der Waals surface area contributed by atoms with Crippen LogP contribution in [0.4, 0.5) is 5.69 Å². The molecule has 5 nitrogen and oxygen atoms in total. The topological polar surface area (TPSA) is 91.4 Å². The molecule has 5 heteroatoms. The molecule has 1 aromatic carbocycles. The smallest absolute Gasteiger partial charge is 0.176 e. The molecule has 0 amide bonds. The van der Waals surface area contributed by atoms with Gasteiger partial charge in [-0.05, 0) is 17.7 Å². The molecule has 2 aromatic rings. The number of rotatable bonds is 2. The molecule has 0 aliphatic carbocycles. The summed E-state index contributed by atoms with van der Waals surface area (Å²) in [5.41, 5.74) is 7.72. The Balaban J connectivity index is 2.35. The number of anilines is 1. The highest BCUT2D eigenvalue weighted by molar-refractivity contribution is 5.41. The number of nitrogens with zero attached hydrogens (tertiary/aromatic N) is 4. The Hall–Kier alpha value is -2.79. The Kier molecular flexibility index (Phi) is 2.76. The lowest BCUT2D eigenvalue weighted by atomic mass is 10.2. The maximum absolute atomic E-state index is 8.97. The average molecular weight is 223 g/mol. The summed E-state index contributed by atoms with van der Waals surface area (Å²) in [7, 11) is 0. The van der Waals surface area contributed by atoms with E-state index in [0.29, 0.717) is 12.2 Å². The number of hydrogen-bond acceptors (Lipinski definition) is 4. The summed E-state index contributed by atoms with van der Waals surface area (Å²) >= 11 is 0. The van der Waals surface area contributed by atoms with Gasteiger partial charge in [0.15, 0.2) is 11.4 Å². The van der Waals surface area contributed by atoms with Gasteiger partial charge in [-0.25, -0.2) is 4.98 Å². The Morgan fingerprint density at radius 3 is 2.76 bits per heavy atom. The Morgan fingerprint density at radius 1 is 1.29 bits per heavy atom. The minimum atomic E-state index is 0.149. The lowest BCUT2D eigenvalue weighted by Gasteiger charge is -2.04. The fourth-order valence-corrected chi connectivity index (χ4v) is 1.59. The van der Waals surface area contributed by atoms with E-state index < -0.39 is 0 Å². The highest BCUT2D eigenvalue weighted by Crippen LogP contribution is 2.11. The molecule has 0 saturated carbocycles. The minimum absolute atomic E-state index is 0.149. The lowest BCUT2D eigenvalue weighted by molar-refractivity contribution is 0.786. The van der Waals surface area contributed by atoms with Crippen LogP contribution >= 0.6 is 0 Å². The third kappa shape index (κ3) is 2.09. The third-order valence-corrected chi connectivity index (χ3v) is 2.35. The monoisotopic (exact) mass is 223 g/mol. The molecule has 2 rings (SSSR count). The zero-order valence-corrected chi connectivity index (χ0v) is 8.96. The van der Waals surface area contributed by atoms with Gasteiger partial charge >= 0.3 is 0 Å². The van der Waals surface area contributed by atoms with E-state index in [1.807, 2.05) is 30.3 Å². The first-order chi connectivity index (χ1) is 8.24. The number of nitrogens with two attached hydrogens (primary N) is 1. The molecule has 82 valence electrons. The van der Waals surface area contributed by atoms with E-state index in [9.17, 15) is 0 Å². The standard InChI is InChI=1S/C12H9N5/c13-5-11-12(6-14)17(8-16-11)7-9-2-1-3-10(15)4-9/h1-4,8H,7,15H2. The SMILES string of the molecule is N#Cc1ncn(Cc2cccc(N)c2)c1C#N. The number of imidazole rings is 1. The van der Waals surface area contributed by atoms with Crippen molar-refractivity contribution < 1.29 is 0 Å². The zero-order chi connectivity index (χ0) is 12.3. The first-order valence-electron chi connectivity index (χ1n) is 4.94. The van der Waals surface area contributed by atoms with Gasteiger partial charge in [-0.15, -0.1) is 0 Å². The first-order valence-corrected chi connectivity index (χ1v) is 4.94. The van der Waals surface area contributed by atoms with Crippen molar-refractivity contribution in [2.45, 2.75) is 6.54 Å². The lowest BCUT2D eigenvalue weighted by Crippen LogP contribution is -2.02. The third-order valence-electron chi connectivity index (χ3n) is 2.35. The molecule has 0 spiro atoms. The summed E-state index contributed by atoms with van der Waals surface area (Å²) in [6.07, 6.45) is 1.49. The van der Waals surface area contributed by atoms with Gasteiger partial charge < -0.3 is 10.3 Å². The molecule has 0 aliphatic heterocycles. The number of nitriles is 2. The van der Waals surface area contributed by atoms with Gasteiger partial charge in [-0.1, -0.05) is 12.1 Å². The van der Waals surface area contributed by atoms with Gasteiger partial charge in [-0.2, -0.15) is 10.5 Å². The van der Waals surface area contributed by atoms with Crippen molar-refractivity contribution in [3.8, 4) is 12.1 Å². The van der Waals surface area contributed by atoms with Crippen LogP contribution in [0.25, 0.3) is 0 Å². The van der Waals surface area contributed by atoms with Crippen LogP contribution in [0.15, 0.2) is 30.6 Å². The van der Waals surface area contributed by atoms with Gasteiger partial charge in [0, 0.05) is 12.2 Å². The normalized spacial score (nSPS) is 9.53. The van der Waals surface area contributed by atoms with Crippen LogP contribution < -0.4 is 5.73 Å². The van der Waals surface area contributed by atoms with Crippen LogP contribution in [0, 0.1) is 22.7 Å². The summed E-state index contributed by atoms with van der Waals surface area (Å²) in [4.78, 5) is 3.87. The van der Waals surface area contributed by atoms with Crippen LogP contribution in [0.1, 0.15) is 17.0 Å². The van der Waals surface area contributed by atoms with E-state index in [-0.39, 0.29) is 11.4 Å². The van der Waals surface area contributed by atoms with Gasteiger partial charge in [0.2, 0.25) is 0 Å². The van der Waals surface area contributed by atoms with Crippen molar-refractivity contribution >= 4 is 5.69 Å². The van der Waals surface area contributed by atoms with E-state index in [1.165, 1.54) is 6.33 Å². The first kappa shape index (κ1) is 10.7. The molecule has 0 bridgehead atoms. The highest BCUT2D eigenvalue weighted by Gasteiger charge is 2.09. The Bertz CT molecular complexity index is 627. The molecule has 2 N–H and O–H groups in total. The molecule has 1 heterocycles. The fraction of sp³-hybridized carbons (Fsp3) is 0.0833. The van der Waals surface area contributed by atoms with Crippen molar-refractivity contribution in [1.82, 2.24) is 9.55 Å². The summed E-state index contributed by atoms with van der Waals surface area (Å²) in [5, 5.41) is 17.7. The number of benzene rings is 1. The van der Waals surface area contributed by atoms with Crippen molar-refractivity contribution in [2.24, 2.45) is 0 Å². The van der Waals surface area contributed by atoms with Gasteiger partial charge in [0.25, 0.3) is 0 Å². The van der Waals surface area contributed by atoms with Crippen molar-refractivity contribution in [3.05, 3.63) is 47.5 Å². The van der Waals surface area contributed by atoms with Gasteiger partial charge in [0.05, 0.1) is 6.33 Å². The van der Waals surface area contributed by atoms with Gasteiger partial charge in [0.1, 0.15) is 12.1 Å². The largest absolute Gasteiger partial charge is 0.399 e. The molecule has 0 aliphatic rings. The molecule has 0 atom stereocenters. The molecular weight excluding hydrogens is 214 g/mol. The van der Waals surface area contributed by atoms with E-state index in [1.54, 1.807) is 10.6 Å². The maximum atomic E-state index is 8.97. The molecule has 0 saturated heterocycles. The van der Waals surface area contributed by atoms with Crippen LogP contribution in [0.2, 0.25) is 0 Å². The number of nitrogen functional groups attached to an aromatic ring is 1. The predicted octanol–water partition coefficient (Wildman–Crippen LogP) is 1.26. The van der Waals surface area contributed by atoms with Crippen molar-refractivity contribution in [1.29, 1.82) is 10.5 Å². The molecule has 0 radical (unpaired) electrons. The molecule has 0 unspecified atom stereocenters. The van der Waals surface area contributed by atoms with E-state index in [0.717, 1.165) is 5.56 Å². The number of aromatic nitrogens is 2. The van der Waals surface area contributed by atoms with E-state index >= 15 is 0 Å². The maximum Gasteiger partial charge on any atom is 0.176 e. The summed E-state index contributed by atoms with van der Waals surface area (Å²) < 4.78 is 1.63. The summed E-state index contributed by atoms with van der Waals surface area (Å²) in [5.74, 6) is 0. The van der Waals surface area contributed by atoms with Crippen LogP contribution in [-0.2, 0) is 6.54 Å². The molecular formula is C12H9N5. The van der Waals surface area contributed by atoms with Crippen LogP contribution in [-0.4, -0.2) is 9.55 Å². The van der Waals surface area contributed by atoms with Crippen molar-refractivity contribution in [3.63, 3.8) is 0 Å². The number of hydrogen-bond donors (Lipinski definition) is 1. The average Bonchev–Trinajstić information content (AvgIpc) is 2.71.